The number of unbranched alkanes of at least 4 members (excludes halogenated alkanes) is 1. The summed E-state index contributed by atoms with van der Waals surface area (Å²) in [5.41, 5.74) is 12.6. The Morgan fingerprint density at radius 1 is 1.00 bits per heavy atom. The Labute approximate surface area is 195 Å². The van der Waals surface area contributed by atoms with Crippen molar-refractivity contribution in [2.75, 3.05) is 57.3 Å². The summed E-state index contributed by atoms with van der Waals surface area (Å²) < 4.78 is 13.1. The molecule has 0 spiro atoms. The summed E-state index contributed by atoms with van der Waals surface area (Å²) in [7, 11) is 0. The molecule has 9 heteroatoms. The van der Waals surface area contributed by atoms with Crippen LogP contribution in [0.4, 0.5) is 10.1 Å². The minimum atomic E-state index is -0.209. The fraction of sp³-hybridized carbons (Fsp3) is 0.619. The van der Waals surface area contributed by atoms with Crippen molar-refractivity contribution >= 4 is 41.5 Å². The fourth-order valence-corrected chi connectivity index (χ4v) is 4.03. The number of hydrogen-bond acceptors (Lipinski definition) is 4. The molecule has 0 aliphatic carbocycles. The SMILES string of the molecule is I.NC(=O)C1CCN(CCCCN=C(N)N2CCN(c3ccc(F)cc3)CC2)CC1. The van der Waals surface area contributed by atoms with Gasteiger partial charge in [-0.2, -0.15) is 0 Å². The normalized spacial score (nSPS) is 18.9. The Kier molecular flexibility index (Phi) is 10.1. The number of rotatable bonds is 7. The molecule has 2 aliphatic rings. The number of primary amides is 1. The number of likely N-dealkylation sites (tertiary alicyclic amines) is 1. The van der Waals surface area contributed by atoms with E-state index in [2.05, 4.69) is 19.7 Å². The lowest BCUT2D eigenvalue weighted by Crippen LogP contribution is -2.51. The zero-order valence-electron chi connectivity index (χ0n) is 17.5. The molecule has 1 aromatic carbocycles. The number of piperidine rings is 1. The molecule has 0 radical (unpaired) electrons. The standard InChI is InChI=1S/C21H33FN6O.HI/c22-18-3-5-19(6-4-18)27-13-15-28(16-14-27)21(24)25-9-1-2-10-26-11-7-17(8-12-26)20(23)29;/h3-6,17H,1-2,7-16H2,(H2,23,29)(H2,24,25);1H. The molecule has 2 fully saturated rings. The average molecular weight is 532 g/mol. The third-order valence-electron chi connectivity index (χ3n) is 5.94. The van der Waals surface area contributed by atoms with Crippen molar-refractivity contribution in [1.82, 2.24) is 9.80 Å². The van der Waals surface area contributed by atoms with Crippen molar-refractivity contribution in [1.29, 1.82) is 0 Å². The van der Waals surface area contributed by atoms with Gasteiger partial charge in [0.25, 0.3) is 0 Å². The van der Waals surface area contributed by atoms with Gasteiger partial charge in [-0.15, -0.1) is 24.0 Å². The maximum Gasteiger partial charge on any atom is 0.220 e. The fourth-order valence-electron chi connectivity index (χ4n) is 4.03. The molecule has 3 rings (SSSR count). The molecule has 1 amide bonds. The lowest BCUT2D eigenvalue weighted by atomic mass is 9.96. The minimum Gasteiger partial charge on any atom is -0.370 e. The van der Waals surface area contributed by atoms with Crippen molar-refractivity contribution in [2.24, 2.45) is 22.4 Å². The Bertz CT molecular complexity index is 685. The molecule has 168 valence electrons. The van der Waals surface area contributed by atoms with Gasteiger partial charge in [-0.25, -0.2) is 4.39 Å². The van der Waals surface area contributed by atoms with Gasteiger partial charge in [-0.3, -0.25) is 9.79 Å². The van der Waals surface area contributed by atoms with E-state index in [0.29, 0.717) is 5.96 Å². The second kappa shape index (κ2) is 12.3. The van der Waals surface area contributed by atoms with Gasteiger partial charge in [0.1, 0.15) is 5.82 Å². The van der Waals surface area contributed by atoms with Crippen LogP contribution in [0.25, 0.3) is 0 Å². The largest absolute Gasteiger partial charge is 0.370 e. The first-order valence-electron chi connectivity index (χ1n) is 10.6. The summed E-state index contributed by atoms with van der Waals surface area (Å²) in [6, 6.07) is 6.63. The van der Waals surface area contributed by atoms with Crippen LogP contribution in [0.5, 0.6) is 0 Å². The van der Waals surface area contributed by atoms with Gasteiger partial charge in [0, 0.05) is 44.3 Å². The molecule has 4 N–H and O–H groups in total. The lowest BCUT2D eigenvalue weighted by Gasteiger charge is -2.36. The highest BCUT2D eigenvalue weighted by molar-refractivity contribution is 14.0. The smallest absolute Gasteiger partial charge is 0.220 e. The molecular formula is C21H34FIN6O. The third-order valence-corrected chi connectivity index (χ3v) is 5.94. The summed E-state index contributed by atoms with van der Waals surface area (Å²) in [5, 5.41) is 0. The van der Waals surface area contributed by atoms with E-state index in [1.165, 1.54) is 12.1 Å². The quantitative estimate of drug-likeness (QED) is 0.242. The van der Waals surface area contributed by atoms with Gasteiger partial charge in [-0.05, 0) is 69.6 Å². The molecule has 2 heterocycles. The average Bonchev–Trinajstić information content (AvgIpc) is 2.74. The number of nitrogens with two attached hydrogens (primary N) is 2. The highest BCUT2D eigenvalue weighted by atomic mass is 127. The first-order valence-corrected chi connectivity index (χ1v) is 10.6. The van der Waals surface area contributed by atoms with Crippen molar-refractivity contribution in [3.63, 3.8) is 0 Å². The first-order chi connectivity index (χ1) is 14.0. The highest BCUT2D eigenvalue weighted by Crippen LogP contribution is 2.18. The van der Waals surface area contributed by atoms with Crippen molar-refractivity contribution < 1.29 is 9.18 Å². The Balaban J connectivity index is 0.00000320. The minimum absolute atomic E-state index is 0. The second-order valence-corrected chi connectivity index (χ2v) is 7.92. The third kappa shape index (κ3) is 7.26. The number of carbonyl (C=O) groups is 1. The van der Waals surface area contributed by atoms with E-state index in [1.54, 1.807) is 0 Å². The van der Waals surface area contributed by atoms with Crippen LogP contribution in [0, 0.1) is 11.7 Å². The first kappa shape index (κ1) is 24.6. The summed E-state index contributed by atoms with van der Waals surface area (Å²) in [5.74, 6) is 0.303. The molecule has 2 saturated heterocycles. The van der Waals surface area contributed by atoms with Crippen LogP contribution >= 0.6 is 24.0 Å². The van der Waals surface area contributed by atoms with Crippen molar-refractivity contribution in [3.05, 3.63) is 30.1 Å². The van der Waals surface area contributed by atoms with Crippen LogP contribution in [0.15, 0.2) is 29.3 Å². The number of hydrogen-bond donors (Lipinski definition) is 2. The molecule has 0 atom stereocenters. The Morgan fingerprint density at radius 2 is 1.63 bits per heavy atom. The lowest BCUT2D eigenvalue weighted by molar-refractivity contribution is -0.123. The van der Waals surface area contributed by atoms with Crippen molar-refractivity contribution in [2.45, 2.75) is 25.7 Å². The topological polar surface area (TPSA) is 91.2 Å². The maximum absolute atomic E-state index is 13.1. The molecule has 0 bridgehead atoms. The predicted molar refractivity (Wildman–Crippen MR) is 130 cm³/mol. The van der Waals surface area contributed by atoms with Crippen LogP contribution in [0.1, 0.15) is 25.7 Å². The van der Waals surface area contributed by atoms with E-state index in [1.807, 2.05) is 12.1 Å². The number of anilines is 1. The summed E-state index contributed by atoms with van der Waals surface area (Å²) in [6.07, 6.45) is 3.84. The Morgan fingerprint density at radius 3 is 2.23 bits per heavy atom. The van der Waals surface area contributed by atoms with E-state index in [-0.39, 0.29) is 41.6 Å². The Hall–Kier alpha value is -1.62. The van der Waals surface area contributed by atoms with E-state index in [9.17, 15) is 9.18 Å². The van der Waals surface area contributed by atoms with Crippen LogP contribution in [-0.2, 0) is 4.79 Å². The number of nitrogens with zero attached hydrogens (tertiary/aromatic N) is 4. The monoisotopic (exact) mass is 532 g/mol. The number of aliphatic imine (C=N–C) groups is 1. The van der Waals surface area contributed by atoms with E-state index in [0.717, 1.165) is 83.7 Å². The maximum atomic E-state index is 13.1. The van der Waals surface area contributed by atoms with Crippen LogP contribution in [0.2, 0.25) is 0 Å². The molecule has 1 aromatic rings. The molecule has 2 aliphatic heterocycles. The highest BCUT2D eigenvalue weighted by Gasteiger charge is 2.22. The zero-order valence-corrected chi connectivity index (χ0v) is 19.8. The molecule has 0 aromatic heterocycles. The molecule has 0 saturated carbocycles. The number of piperazine rings is 1. The van der Waals surface area contributed by atoms with Crippen LogP contribution in [0.3, 0.4) is 0 Å². The van der Waals surface area contributed by atoms with Gasteiger partial charge in [0.2, 0.25) is 5.91 Å². The van der Waals surface area contributed by atoms with Gasteiger partial charge < -0.3 is 26.2 Å². The zero-order chi connectivity index (χ0) is 20.6. The summed E-state index contributed by atoms with van der Waals surface area (Å²) in [4.78, 5) is 22.5. The van der Waals surface area contributed by atoms with Crippen molar-refractivity contribution in [3.8, 4) is 0 Å². The number of halogens is 2. The van der Waals surface area contributed by atoms with E-state index >= 15 is 0 Å². The number of carbonyl (C=O) groups excluding carboxylic acids is 1. The van der Waals surface area contributed by atoms with E-state index in [4.69, 9.17) is 11.5 Å². The van der Waals surface area contributed by atoms with Gasteiger partial charge in [0.05, 0.1) is 0 Å². The number of guanidine groups is 1. The predicted octanol–water partition coefficient (Wildman–Crippen LogP) is 1.86. The van der Waals surface area contributed by atoms with Gasteiger partial charge in [-0.1, -0.05) is 0 Å². The van der Waals surface area contributed by atoms with Crippen LogP contribution in [-0.4, -0.2) is 74.0 Å². The van der Waals surface area contributed by atoms with Gasteiger partial charge in [0.15, 0.2) is 5.96 Å². The summed E-state index contributed by atoms with van der Waals surface area (Å²) >= 11 is 0. The molecule has 30 heavy (non-hydrogen) atoms. The second-order valence-electron chi connectivity index (χ2n) is 7.92. The number of benzene rings is 1. The van der Waals surface area contributed by atoms with Crippen LogP contribution < -0.4 is 16.4 Å². The summed E-state index contributed by atoms with van der Waals surface area (Å²) in [6.45, 7) is 7.03. The molecule has 7 nitrogen and oxygen atoms in total. The molecule has 0 unspecified atom stereocenters. The molecular weight excluding hydrogens is 498 g/mol. The van der Waals surface area contributed by atoms with E-state index < -0.39 is 0 Å². The van der Waals surface area contributed by atoms with Gasteiger partial charge >= 0.3 is 0 Å². The number of amides is 1.